The summed E-state index contributed by atoms with van der Waals surface area (Å²) < 4.78 is 6.10. The zero-order valence-corrected chi connectivity index (χ0v) is 10.4. The minimum absolute atomic E-state index is 0.00202. The van der Waals surface area contributed by atoms with Gasteiger partial charge in [-0.2, -0.15) is 0 Å². The monoisotopic (exact) mass is 273 g/mol. The molecule has 0 bridgehead atoms. The summed E-state index contributed by atoms with van der Waals surface area (Å²) in [5.74, 6) is -0.0860. The number of nitrogens with two attached hydrogens (primary N) is 1. The standard InChI is InChI=1S/C10H9Cl2N3O2/c1-17-8(16)3-7-9(13)15-4-5(11)2-6(12)10(15)14-7/h2,4H,3,13H2,1H3. The highest BCUT2D eigenvalue weighted by Crippen LogP contribution is 2.25. The molecule has 0 spiro atoms. The number of hydrogen-bond donors (Lipinski definition) is 1. The third kappa shape index (κ3) is 2.16. The van der Waals surface area contributed by atoms with Crippen molar-refractivity contribution < 1.29 is 9.53 Å². The van der Waals surface area contributed by atoms with Crippen LogP contribution >= 0.6 is 23.2 Å². The normalized spacial score (nSPS) is 10.8. The number of imidazole rings is 1. The van der Waals surface area contributed by atoms with E-state index in [-0.39, 0.29) is 6.42 Å². The van der Waals surface area contributed by atoms with Crippen molar-refractivity contribution in [3.63, 3.8) is 0 Å². The van der Waals surface area contributed by atoms with Crippen LogP contribution in [0.2, 0.25) is 10.0 Å². The van der Waals surface area contributed by atoms with E-state index in [4.69, 9.17) is 28.9 Å². The van der Waals surface area contributed by atoms with E-state index >= 15 is 0 Å². The fraction of sp³-hybridized carbons (Fsp3) is 0.200. The van der Waals surface area contributed by atoms with Crippen LogP contribution in [0.15, 0.2) is 12.3 Å². The third-order valence-corrected chi connectivity index (χ3v) is 2.78. The smallest absolute Gasteiger partial charge is 0.311 e. The molecule has 2 rings (SSSR count). The van der Waals surface area contributed by atoms with Crippen LogP contribution < -0.4 is 5.73 Å². The van der Waals surface area contributed by atoms with Gasteiger partial charge < -0.3 is 10.5 Å². The average molecular weight is 274 g/mol. The molecule has 0 saturated heterocycles. The van der Waals surface area contributed by atoms with Gasteiger partial charge >= 0.3 is 5.97 Å². The van der Waals surface area contributed by atoms with Crippen molar-refractivity contribution in [2.45, 2.75) is 6.42 Å². The van der Waals surface area contributed by atoms with Gasteiger partial charge in [-0.1, -0.05) is 23.2 Å². The second-order valence-electron chi connectivity index (χ2n) is 3.40. The van der Waals surface area contributed by atoms with Gasteiger partial charge in [0, 0.05) is 6.20 Å². The van der Waals surface area contributed by atoms with Crippen molar-refractivity contribution in [2.24, 2.45) is 0 Å². The lowest BCUT2D eigenvalue weighted by molar-refractivity contribution is -0.139. The number of fused-ring (bicyclic) bond motifs is 1. The molecule has 90 valence electrons. The van der Waals surface area contributed by atoms with Gasteiger partial charge in [0.05, 0.1) is 29.3 Å². The molecule has 2 N–H and O–H groups in total. The number of aromatic nitrogens is 2. The molecular weight excluding hydrogens is 265 g/mol. The van der Waals surface area contributed by atoms with Gasteiger partial charge in [0.25, 0.3) is 0 Å². The van der Waals surface area contributed by atoms with E-state index in [1.54, 1.807) is 16.7 Å². The molecular formula is C10H9Cl2N3O2. The van der Waals surface area contributed by atoms with Crippen LogP contribution in [0.25, 0.3) is 5.65 Å². The first-order chi connectivity index (χ1) is 8.02. The van der Waals surface area contributed by atoms with E-state index in [9.17, 15) is 4.79 Å². The van der Waals surface area contributed by atoms with Crippen LogP contribution in [0.1, 0.15) is 5.69 Å². The van der Waals surface area contributed by atoms with Crippen LogP contribution in [-0.2, 0) is 16.0 Å². The van der Waals surface area contributed by atoms with Crippen molar-refractivity contribution in [1.82, 2.24) is 9.38 Å². The minimum atomic E-state index is -0.415. The number of pyridine rings is 1. The predicted molar refractivity (Wildman–Crippen MR) is 65.3 cm³/mol. The number of halogens is 2. The molecule has 17 heavy (non-hydrogen) atoms. The van der Waals surface area contributed by atoms with Crippen LogP contribution in [0.3, 0.4) is 0 Å². The molecule has 0 aliphatic carbocycles. The topological polar surface area (TPSA) is 69.6 Å². The molecule has 0 saturated carbocycles. The van der Waals surface area contributed by atoms with E-state index in [2.05, 4.69) is 9.72 Å². The van der Waals surface area contributed by atoms with E-state index in [0.717, 1.165) is 0 Å². The second kappa shape index (κ2) is 4.43. The maximum Gasteiger partial charge on any atom is 0.311 e. The third-order valence-electron chi connectivity index (χ3n) is 2.29. The number of esters is 1. The van der Waals surface area contributed by atoms with E-state index in [1.165, 1.54) is 7.11 Å². The van der Waals surface area contributed by atoms with Gasteiger partial charge in [0.15, 0.2) is 5.65 Å². The Hall–Kier alpha value is -1.46. The summed E-state index contributed by atoms with van der Waals surface area (Å²) in [6.45, 7) is 0. The van der Waals surface area contributed by atoms with Gasteiger partial charge in [0.1, 0.15) is 5.82 Å². The lowest BCUT2D eigenvalue weighted by Crippen LogP contribution is -2.07. The van der Waals surface area contributed by atoms with E-state index in [1.807, 2.05) is 0 Å². The molecule has 0 aliphatic rings. The summed E-state index contributed by atoms with van der Waals surface area (Å²) in [7, 11) is 1.30. The molecule has 0 aliphatic heterocycles. The number of rotatable bonds is 2. The first kappa shape index (κ1) is 12.0. The summed E-state index contributed by atoms with van der Waals surface area (Å²) >= 11 is 11.8. The van der Waals surface area contributed by atoms with Crippen molar-refractivity contribution in [1.29, 1.82) is 0 Å². The Morgan fingerprint density at radius 1 is 1.59 bits per heavy atom. The molecule has 0 aromatic carbocycles. The van der Waals surface area contributed by atoms with Gasteiger partial charge in [-0.3, -0.25) is 9.20 Å². The number of methoxy groups -OCH3 is 1. The Kier molecular flexibility index (Phi) is 3.13. The molecule has 0 fully saturated rings. The second-order valence-corrected chi connectivity index (χ2v) is 4.24. The summed E-state index contributed by atoms with van der Waals surface area (Å²) in [4.78, 5) is 15.4. The minimum Gasteiger partial charge on any atom is -0.469 e. The molecule has 0 amide bonds. The number of nitrogen functional groups attached to an aromatic ring is 1. The molecule has 2 heterocycles. The molecule has 0 radical (unpaired) electrons. The number of anilines is 1. The molecule has 0 atom stereocenters. The van der Waals surface area contributed by atoms with Gasteiger partial charge in [0.2, 0.25) is 0 Å². The van der Waals surface area contributed by atoms with Gasteiger partial charge in [-0.25, -0.2) is 4.98 Å². The van der Waals surface area contributed by atoms with Crippen molar-refractivity contribution in [3.8, 4) is 0 Å². The lowest BCUT2D eigenvalue weighted by atomic mass is 10.3. The van der Waals surface area contributed by atoms with Gasteiger partial charge in [-0.15, -0.1) is 0 Å². The number of nitrogens with zero attached hydrogens (tertiary/aromatic N) is 2. The lowest BCUT2D eigenvalue weighted by Gasteiger charge is -1.99. The maximum absolute atomic E-state index is 11.2. The molecule has 5 nitrogen and oxygen atoms in total. The summed E-state index contributed by atoms with van der Waals surface area (Å²) in [6, 6.07) is 1.56. The highest BCUT2D eigenvalue weighted by Gasteiger charge is 2.15. The zero-order chi connectivity index (χ0) is 12.6. The van der Waals surface area contributed by atoms with Crippen molar-refractivity contribution in [2.75, 3.05) is 12.8 Å². The van der Waals surface area contributed by atoms with Crippen molar-refractivity contribution in [3.05, 3.63) is 28.0 Å². The van der Waals surface area contributed by atoms with Crippen LogP contribution in [0.4, 0.5) is 5.82 Å². The predicted octanol–water partition coefficient (Wildman–Crippen LogP) is 1.94. The average Bonchev–Trinajstić information content (AvgIpc) is 2.57. The summed E-state index contributed by atoms with van der Waals surface area (Å²) in [6.07, 6.45) is 1.59. The highest BCUT2D eigenvalue weighted by atomic mass is 35.5. The van der Waals surface area contributed by atoms with Crippen molar-refractivity contribution >= 4 is 40.6 Å². The Morgan fingerprint density at radius 3 is 2.94 bits per heavy atom. The first-order valence-electron chi connectivity index (χ1n) is 4.71. The Bertz CT molecular complexity index is 595. The largest absolute Gasteiger partial charge is 0.469 e. The first-order valence-corrected chi connectivity index (χ1v) is 5.46. The highest BCUT2D eigenvalue weighted by molar-refractivity contribution is 6.36. The Morgan fingerprint density at radius 2 is 2.29 bits per heavy atom. The molecule has 0 unspecified atom stereocenters. The number of carbonyl (C=O) groups is 1. The fourth-order valence-corrected chi connectivity index (χ4v) is 1.99. The number of hydrogen-bond acceptors (Lipinski definition) is 4. The number of ether oxygens (including phenoxy) is 1. The van der Waals surface area contributed by atoms with Crippen LogP contribution in [0.5, 0.6) is 0 Å². The molecule has 2 aromatic heterocycles. The van der Waals surface area contributed by atoms with Crippen LogP contribution in [0, 0.1) is 0 Å². The molecule has 2 aromatic rings. The zero-order valence-electron chi connectivity index (χ0n) is 8.91. The summed E-state index contributed by atoms with van der Waals surface area (Å²) in [5, 5.41) is 0.816. The Labute approximate surface area is 107 Å². The SMILES string of the molecule is COC(=O)Cc1nc2c(Cl)cc(Cl)cn2c1N. The van der Waals surface area contributed by atoms with Crippen LogP contribution in [-0.4, -0.2) is 22.5 Å². The fourth-order valence-electron chi connectivity index (χ4n) is 1.48. The quantitative estimate of drug-likeness (QED) is 0.849. The van der Waals surface area contributed by atoms with E-state index in [0.29, 0.717) is 27.2 Å². The Balaban J connectivity index is 2.56. The van der Waals surface area contributed by atoms with E-state index < -0.39 is 5.97 Å². The molecule has 7 heteroatoms. The van der Waals surface area contributed by atoms with Gasteiger partial charge in [-0.05, 0) is 6.07 Å². The maximum atomic E-state index is 11.2. The number of carbonyl (C=O) groups excluding carboxylic acids is 1. The summed E-state index contributed by atoms with van der Waals surface area (Å²) in [5.41, 5.74) is 6.74.